The molecule has 0 aromatic carbocycles. The molecule has 19 heavy (non-hydrogen) atoms. The minimum atomic E-state index is -1.16. The molecule has 0 radical (unpaired) electrons. The Balaban J connectivity index is 2.07. The number of urea groups is 1. The maximum atomic E-state index is 11.2. The number of nitrogens with one attached hydrogen (secondary N) is 3. The Bertz CT molecular complexity index is 432. The fourth-order valence-electron chi connectivity index (χ4n) is 1.05. The van der Waals surface area contributed by atoms with Crippen molar-refractivity contribution >= 4 is 17.9 Å². The number of amides is 3. The summed E-state index contributed by atoms with van der Waals surface area (Å²) in [5, 5.41) is 18.5. The number of nitrogens with zero attached hydrogens (tertiary/aromatic N) is 2. The number of hydrogen-bond acceptors (Lipinski definition) is 6. The van der Waals surface area contributed by atoms with Gasteiger partial charge in [-0.15, -0.1) is 0 Å². The van der Waals surface area contributed by atoms with E-state index >= 15 is 0 Å². The van der Waals surface area contributed by atoms with Gasteiger partial charge in [-0.05, 0) is 0 Å². The largest absolute Gasteiger partial charge is 0.480 e. The van der Waals surface area contributed by atoms with E-state index in [0.717, 1.165) is 0 Å². The van der Waals surface area contributed by atoms with Gasteiger partial charge in [-0.3, -0.25) is 9.59 Å². The van der Waals surface area contributed by atoms with E-state index in [-0.39, 0.29) is 13.1 Å². The Hall–Kier alpha value is -2.65. The van der Waals surface area contributed by atoms with Gasteiger partial charge in [0.15, 0.2) is 6.33 Å². The Morgan fingerprint density at radius 1 is 1.21 bits per heavy atom. The second kappa shape index (κ2) is 7.63. The lowest BCUT2D eigenvalue weighted by Gasteiger charge is -2.06. The summed E-state index contributed by atoms with van der Waals surface area (Å²) in [6.45, 7) is -0.524. The molecule has 0 aliphatic heterocycles. The number of carboxylic acids is 1. The highest BCUT2D eigenvalue weighted by atomic mass is 16.5. The molecule has 0 spiro atoms. The summed E-state index contributed by atoms with van der Waals surface area (Å²) in [5.41, 5.74) is 0. The Labute approximate surface area is 107 Å². The van der Waals surface area contributed by atoms with Crippen molar-refractivity contribution in [3.8, 4) is 0 Å². The van der Waals surface area contributed by atoms with E-state index in [2.05, 4.69) is 26.1 Å². The molecule has 1 heterocycles. The van der Waals surface area contributed by atoms with Crippen molar-refractivity contribution in [1.29, 1.82) is 0 Å². The van der Waals surface area contributed by atoms with Crippen molar-refractivity contribution in [3.05, 3.63) is 12.2 Å². The molecular weight excluding hydrogens is 258 g/mol. The first kappa shape index (κ1) is 14.4. The molecule has 0 saturated heterocycles. The quantitative estimate of drug-likeness (QED) is 0.453. The maximum absolute atomic E-state index is 11.2. The number of rotatable bonds is 7. The standard InChI is InChI=1S/C9H13N5O5/c15-6(11-4-8(16)17)3-12-9(18)10-2-1-7-13-5-14-19-7/h5H,1-4H2,(H,11,15)(H,16,17)(H2,10,12,18). The topological polar surface area (TPSA) is 146 Å². The van der Waals surface area contributed by atoms with Crippen LogP contribution in [0.1, 0.15) is 5.89 Å². The molecule has 1 aromatic rings. The van der Waals surface area contributed by atoms with Crippen LogP contribution in [0.15, 0.2) is 10.9 Å². The van der Waals surface area contributed by atoms with Crippen LogP contribution in [0.25, 0.3) is 0 Å². The second-order valence-electron chi connectivity index (χ2n) is 3.36. The lowest BCUT2D eigenvalue weighted by Crippen LogP contribution is -2.43. The van der Waals surface area contributed by atoms with Crippen LogP contribution in [0.2, 0.25) is 0 Å². The lowest BCUT2D eigenvalue weighted by molar-refractivity contribution is -0.137. The third kappa shape index (κ3) is 6.61. The normalized spacial score (nSPS) is 9.68. The first-order valence-corrected chi connectivity index (χ1v) is 5.33. The van der Waals surface area contributed by atoms with E-state index in [0.29, 0.717) is 12.3 Å². The molecule has 0 saturated carbocycles. The maximum Gasteiger partial charge on any atom is 0.322 e. The van der Waals surface area contributed by atoms with Gasteiger partial charge in [0.05, 0.1) is 6.54 Å². The minimum absolute atomic E-state index is 0.269. The number of carboxylic acid groups (broad SMARTS) is 1. The van der Waals surface area contributed by atoms with Gasteiger partial charge in [0, 0.05) is 13.0 Å². The van der Waals surface area contributed by atoms with Crippen LogP contribution in [-0.4, -0.2) is 52.8 Å². The summed E-state index contributed by atoms with van der Waals surface area (Å²) in [6.07, 6.45) is 1.63. The van der Waals surface area contributed by atoms with Gasteiger partial charge in [0.1, 0.15) is 6.54 Å². The molecule has 0 fully saturated rings. The fraction of sp³-hybridized carbons (Fsp3) is 0.444. The number of hydrogen-bond donors (Lipinski definition) is 4. The van der Waals surface area contributed by atoms with Gasteiger partial charge in [-0.25, -0.2) is 4.79 Å². The van der Waals surface area contributed by atoms with Crippen molar-refractivity contribution in [3.63, 3.8) is 0 Å². The van der Waals surface area contributed by atoms with Crippen LogP contribution in [0, 0.1) is 0 Å². The molecule has 0 atom stereocenters. The van der Waals surface area contributed by atoms with E-state index in [1.807, 2.05) is 0 Å². The third-order valence-corrected chi connectivity index (χ3v) is 1.88. The molecule has 0 unspecified atom stereocenters. The van der Waals surface area contributed by atoms with E-state index in [9.17, 15) is 14.4 Å². The van der Waals surface area contributed by atoms with Gasteiger partial charge in [0.25, 0.3) is 0 Å². The Kier molecular flexibility index (Phi) is 5.79. The molecule has 0 aliphatic rings. The summed E-state index contributed by atoms with van der Waals surface area (Å²) >= 11 is 0. The summed E-state index contributed by atoms with van der Waals surface area (Å²) < 4.78 is 4.72. The van der Waals surface area contributed by atoms with Gasteiger partial charge >= 0.3 is 12.0 Å². The molecule has 0 aliphatic carbocycles. The number of aromatic nitrogens is 2. The third-order valence-electron chi connectivity index (χ3n) is 1.88. The zero-order valence-electron chi connectivity index (χ0n) is 9.88. The zero-order chi connectivity index (χ0) is 14.1. The van der Waals surface area contributed by atoms with Gasteiger partial charge < -0.3 is 25.6 Å². The summed E-state index contributed by atoms with van der Waals surface area (Å²) in [5.74, 6) is -1.36. The Morgan fingerprint density at radius 3 is 2.63 bits per heavy atom. The summed E-state index contributed by atoms with van der Waals surface area (Å²) in [6, 6.07) is -0.551. The van der Waals surface area contributed by atoms with Crippen LogP contribution >= 0.6 is 0 Å². The molecule has 10 nitrogen and oxygen atoms in total. The predicted octanol–water partition coefficient (Wildman–Crippen LogP) is -1.89. The number of carbonyl (C=O) groups excluding carboxylic acids is 2. The first-order valence-electron chi connectivity index (χ1n) is 5.33. The van der Waals surface area contributed by atoms with Crippen LogP contribution < -0.4 is 16.0 Å². The Morgan fingerprint density at radius 2 is 2.00 bits per heavy atom. The number of aliphatic carboxylic acids is 1. The average molecular weight is 271 g/mol. The fourth-order valence-corrected chi connectivity index (χ4v) is 1.05. The highest BCUT2D eigenvalue weighted by Crippen LogP contribution is 1.89. The van der Waals surface area contributed by atoms with Crippen molar-refractivity contribution in [2.45, 2.75) is 6.42 Å². The first-order chi connectivity index (χ1) is 9.08. The second-order valence-corrected chi connectivity index (χ2v) is 3.36. The van der Waals surface area contributed by atoms with E-state index in [4.69, 9.17) is 9.63 Å². The summed E-state index contributed by atoms with van der Waals surface area (Å²) in [4.78, 5) is 36.2. The highest BCUT2D eigenvalue weighted by Gasteiger charge is 2.06. The molecule has 0 bridgehead atoms. The number of carbonyl (C=O) groups is 3. The molecule has 104 valence electrons. The lowest BCUT2D eigenvalue weighted by atomic mass is 10.4. The van der Waals surface area contributed by atoms with Crippen LogP contribution in [0.3, 0.4) is 0 Å². The van der Waals surface area contributed by atoms with E-state index in [1.54, 1.807) is 0 Å². The SMILES string of the molecule is O=C(O)CNC(=O)CNC(=O)NCCc1ncno1. The van der Waals surface area contributed by atoms with Crippen LogP contribution in [0.5, 0.6) is 0 Å². The van der Waals surface area contributed by atoms with Gasteiger partial charge in [0.2, 0.25) is 11.8 Å². The van der Waals surface area contributed by atoms with Gasteiger partial charge in [-0.1, -0.05) is 5.16 Å². The molecular formula is C9H13N5O5. The molecule has 1 aromatic heterocycles. The molecule has 10 heteroatoms. The average Bonchev–Trinajstić information content (AvgIpc) is 2.87. The van der Waals surface area contributed by atoms with Crippen LogP contribution in [0.4, 0.5) is 4.79 Å². The van der Waals surface area contributed by atoms with Crippen molar-refractivity contribution < 1.29 is 24.0 Å². The minimum Gasteiger partial charge on any atom is -0.480 e. The summed E-state index contributed by atoms with van der Waals surface area (Å²) in [7, 11) is 0. The molecule has 4 N–H and O–H groups in total. The van der Waals surface area contributed by atoms with E-state index in [1.165, 1.54) is 6.33 Å². The van der Waals surface area contributed by atoms with Gasteiger partial charge in [-0.2, -0.15) is 4.98 Å². The molecule has 1 rings (SSSR count). The zero-order valence-corrected chi connectivity index (χ0v) is 9.88. The molecule has 3 amide bonds. The highest BCUT2D eigenvalue weighted by molar-refractivity contribution is 5.86. The van der Waals surface area contributed by atoms with E-state index < -0.39 is 24.5 Å². The monoisotopic (exact) mass is 271 g/mol. The smallest absolute Gasteiger partial charge is 0.322 e. The van der Waals surface area contributed by atoms with Crippen molar-refractivity contribution in [1.82, 2.24) is 26.1 Å². The van der Waals surface area contributed by atoms with Crippen molar-refractivity contribution in [2.24, 2.45) is 0 Å². The van der Waals surface area contributed by atoms with Crippen molar-refractivity contribution in [2.75, 3.05) is 19.6 Å². The van der Waals surface area contributed by atoms with Crippen LogP contribution in [-0.2, 0) is 16.0 Å². The predicted molar refractivity (Wildman–Crippen MR) is 60.0 cm³/mol.